The Balaban J connectivity index is 2.03. The summed E-state index contributed by atoms with van der Waals surface area (Å²) >= 11 is 0. The predicted octanol–water partition coefficient (Wildman–Crippen LogP) is 3.25. The van der Waals surface area contributed by atoms with E-state index in [9.17, 15) is 19.5 Å². The van der Waals surface area contributed by atoms with Gasteiger partial charge < -0.3 is 9.47 Å². The summed E-state index contributed by atoms with van der Waals surface area (Å²) < 4.78 is 28.2. The second kappa shape index (κ2) is 9.09. The largest absolute Gasteiger partial charge is 0.465 e. The highest BCUT2D eigenvalue weighted by molar-refractivity contribution is 7.56. The van der Waals surface area contributed by atoms with Crippen molar-refractivity contribution in [1.82, 2.24) is 10.1 Å². The quantitative estimate of drug-likeness (QED) is 0.217. The number of ether oxygens (including phenoxy) is 2. The molecule has 2 atom stereocenters. The Bertz CT molecular complexity index is 919. The van der Waals surface area contributed by atoms with Crippen molar-refractivity contribution < 1.29 is 28.3 Å². The van der Waals surface area contributed by atoms with Crippen LogP contribution in [0.5, 0.6) is 5.75 Å². The van der Waals surface area contributed by atoms with Crippen LogP contribution in [0.15, 0.2) is 30.5 Å². The highest BCUT2D eigenvalue weighted by Gasteiger charge is 2.25. The molecule has 0 aliphatic rings. The van der Waals surface area contributed by atoms with Crippen LogP contribution in [-0.4, -0.2) is 41.5 Å². The van der Waals surface area contributed by atoms with Crippen molar-refractivity contribution in [2.45, 2.75) is 32.9 Å². The number of non-ortho nitro benzene ring substituents is 1. The van der Waals surface area contributed by atoms with Crippen molar-refractivity contribution in [3.63, 3.8) is 0 Å². The molecule has 11 heteroatoms. The van der Waals surface area contributed by atoms with Gasteiger partial charge in [0.1, 0.15) is 17.3 Å². The fraction of sp³-hybridized carbons (Fsp3) is 0.412. The Morgan fingerprint density at radius 3 is 2.68 bits per heavy atom. The van der Waals surface area contributed by atoms with Gasteiger partial charge in [-0.2, -0.15) is 0 Å². The zero-order valence-electron chi connectivity index (χ0n) is 15.9. The monoisotopic (exact) mass is 411 g/mol. The smallest absolute Gasteiger partial charge is 0.323 e. The maximum atomic E-state index is 12.5. The number of nitrogens with zero attached hydrogens (tertiary/aromatic N) is 2. The van der Waals surface area contributed by atoms with Crippen LogP contribution in [0.2, 0.25) is 0 Å². The number of nitro benzene ring substituents is 1. The fourth-order valence-corrected chi connectivity index (χ4v) is 3.51. The molecule has 0 amide bonds. The molecular formula is C17H22N3O7P. The lowest BCUT2D eigenvalue weighted by molar-refractivity contribution is -0.383. The van der Waals surface area contributed by atoms with Crippen molar-refractivity contribution in [3.05, 3.63) is 40.6 Å². The van der Waals surface area contributed by atoms with E-state index in [1.807, 2.05) is 0 Å². The van der Waals surface area contributed by atoms with E-state index < -0.39 is 31.2 Å². The van der Waals surface area contributed by atoms with E-state index in [2.05, 4.69) is 10.1 Å². The molecule has 1 aromatic carbocycles. The maximum Gasteiger partial charge on any atom is 0.323 e. The molecular weight excluding hydrogens is 389 g/mol. The average Bonchev–Trinajstić information content (AvgIpc) is 2.60. The normalized spacial score (nSPS) is 14.5. The van der Waals surface area contributed by atoms with Gasteiger partial charge in [0.15, 0.2) is 6.79 Å². The molecule has 2 aromatic rings. The lowest BCUT2D eigenvalue weighted by atomic mass is 10.1. The van der Waals surface area contributed by atoms with Crippen LogP contribution in [0, 0.1) is 10.1 Å². The molecule has 1 aromatic heterocycles. The van der Waals surface area contributed by atoms with Gasteiger partial charge >= 0.3 is 5.97 Å². The molecule has 0 aliphatic heterocycles. The Morgan fingerprint density at radius 1 is 1.32 bits per heavy atom. The number of rotatable bonds is 9. The Hall–Kier alpha value is -2.55. The van der Waals surface area contributed by atoms with E-state index in [1.165, 1.54) is 31.9 Å². The second-order valence-electron chi connectivity index (χ2n) is 6.31. The summed E-state index contributed by atoms with van der Waals surface area (Å²) in [7, 11) is -3.37. The van der Waals surface area contributed by atoms with Crippen LogP contribution >= 0.6 is 7.52 Å². The third kappa shape index (κ3) is 5.72. The van der Waals surface area contributed by atoms with E-state index in [0.717, 1.165) is 0 Å². The summed E-state index contributed by atoms with van der Waals surface area (Å²) in [6.45, 7) is 5.84. The summed E-state index contributed by atoms with van der Waals surface area (Å²) in [4.78, 5) is 26.5. The maximum absolute atomic E-state index is 12.5. The minimum atomic E-state index is -3.37. The van der Waals surface area contributed by atoms with Crippen molar-refractivity contribution in [2.24, 2.45) is 0 Å². The molecule has 0 saturated heterocycles. The average molecular weight is 411 g/mol. The molecule has 10 nitrogen and oxygen atoms in total. The van der Waals surface area contributed by atoms with Crippen molar-refractivity contribution in [2.75, 3.05) is 13.5 Å². The van der Waals surface area contributed by atoms with E-state index in [1.54, 1.807) is 26.0 Å². The predicted molar refractivity (Wildman–Crippen MR) is 102 cm³/mol. The number of pyridine rings is 1. The number of nitrogens with one attached hydrogen (secondary N) is 1. The fourth-order valence-electron chi connectivity index (χ4n) is 2.37. The van der Waals surface area contributed by atoms with Crippen LogP contribution in [0.3, 0.4) is 0 Å². The van der Waals surface area contributed by atoms with Gasteiger partial charge in [-0.3, -0.25) is 29.0 Å². The van der Waals surface area contributed by atoms with Gasteiger partial charge in [-0.05, 0) is 39.0 Å². The number of benzene rings is 1. The van der Waals surface area contributed by atoms with Crippen molar-refractivity contribution in [1.29, 1.82) is 0 Å². The van der Waals surface area contributed by atoms with Crippen molar-refractivity contribution in [3.8, 4) is 5.75 Å². The Labute approximate surface area is 161 Å². The number of esters is 1. The van der Waals surface area contributed by atoms with Gasteiger partial charge in [0.25, 0.3) is 13.2 Å². The SMILES string of the molecule is CC(C)OC(=O)[C@H](C)NP(C)(=O)OCOc1ccc([N+](=O)[O-])c2cccnc12. The molecule has 1 N–H and O–H groups in total. The summed E-state index contributed by atoms with van der Waals surface area (Å²) in [5, 5.41) is 14.0. The molecule has 0 radical (unpaired) electrons. The first kappa shape index (κ1) is 21.7. The number of hydrogen-bond acceptors (Lipinski definition) is 8. The summed E-state index contributed by atoms with van der Waals surface area (Å²) in [5.74, 6) is -0.305. The number of carbonyl (C=O) groups is 1. The van der Waals surface area contributed by atoms with Crippen LogP contribution in [-0.2, 0) is 18.6 Å². The van der Waals surface area contributed by atoms with Crippen LogP contribution in [0.25, 0.3) is 10.9 Å². The highest BCUT2D eigenvalue weighted by Crippen LogP contribution is 2.39. The Morgan fingerprint density at radius 2 is 2.04 bits per heavy atom. The summed E-state index contributed by atoms with van der Waals surface area (Å²) in [5.41, 5.74) is 0.185. The van der Waals surface area contributed by atoms with Crippen LogP contribution < -0.4 is 9.82 Å². The van der Waals surface area contributed by atoms with Crippen molar-refractivity contribution >= 4 is 30.1 Å². The number of aromatic nitrogens is 1. The van der Waals surface area contributed by atoms with E-state index >= 15 is 0 Å². The minimum Gasteiger partial charge on any atom is -0.465 e. The van der Waals surface area contributed by atoms with Gasteiger partial charge in [0.05, 0.1) is 16.4 Å². The third-order valence-electron chi connectivity index (χ3n) is 3.55. The standard InChI is InChI=1S/C17H22N3O7P/c1-11(2)27-17(21)12(3)19-28(4,24)26-10-25-15-8-7-14(20(22)23)13-6-5-9-18-16(13)15/h5-9,11-12H,10H2,1-4H3,(H,19,24)/t12-,28?/m0/s1. The van der Waals surface area contributed by atoms with Gasteiger partial charge in [0, 0.05) is 18.9 Å². The summed E-state index contributed by atoms with van der Waals surface area (Å²) in [6, 6.07) is 5.00. The minimum absolute atomic E-state index is 0.100. The number of fused-ring (bicyclic) bond motifs is 1. The lowest BCUT2D eigenvalue weighted by Crippen LogP contribution is -2.35. The molecule has 1 unspecified atom stereocenters. The molecule has 0 spiro atoms. The number of carbonyl (C=O) groups excluding carboxylic acids is 1. The number of hydrogen-bond donors (Lipinski definition) is 1. The van der Waals surface area contributed by atoms with E-state index in [4.69, 9.17) is 14.0 Å². The van der Waals surface area contributed by atoms with Crippen LogP contribution in [0.1, 0.15) is 20.8 Å². The third-order valence-corrected chi connectivity index (χ3v) is 5.01. The second-order valence-corrected chi connectivity index (χ2v) is 8.52. The molecule has 0 fully saturated rings. The summed E-state index contributed by atoms with van der Waals surface area (Å²) in [6.07, 6.45) is 1.19. The van der Waals surface area contributed by atoms with Gasteiger partial charge in [-0.15, -0.1) is 0 Å². The van der Waals surface area contributed by atoms with Gasteiger partial charge in [0.2, 0.25) is 0 Å². The van der Waals surface area contributed by atoms with E-state index in [-0.39, 0.29) is 23.1 Å². The van der Waals surface area contributed by atoms with E-state index in [0.29, 0.717) is 5.39 Å². The molecule has 28 heavy (non-hydrogen) atoms. The molecule has 2 rings (SSSR count). The van der Waals surface area contributed by atoms with Crippen LogP contribution in [0.4, 0.5) is 5.69 Å². The first-order valence-corrected chi connectivity index (χ1v) is 10.5. The zero-order chi connectivity index (χ0) is 20.9. The molecule has 152 valence electrons. The molecule has 0 aliphatic carbocycles. The topological polar surface area (TPSA) is 130 Å². The molecule has 0 bridgehead atoms. The molecule has 0 saturated carbocycles. The zero-order valence-corrected chi connectivity index (χ0v) is 16.8. The number of nitro groups is 1. The highest BCUT2D eigenvalue weighted by atomic mass is 31.2. The first-order valence-electron chi connectivity index (χ1n) is 8.46. The lowest BCUT2D eigenvalue weighted by Gasteiger charge is -2.20. The molecule has 1 heterocycles. The first-order chi connectivity index (χ1) is 13.1. The van der Waals surface area contributed by atoms with Gasteiger partial charge in [-0.1, -0.05) is 0 Å². The Kier molecular flexibility index (Phi) is 7.06. The van der Waals surface area contributed by atoms with Gasteiger partial charge in [-0.25, -0.2) is 5.09 Å².